The molecule has 1 fully saturated rings. The van der Waals surface area contributed by atoms with E-state index < -0.39 is 18.5 Å². The molecule has 2 aromatic rings. The molecule has 0 radical (unpaired) electrons. The molecule has 10 heteroatoms. The zero-order valence-electron chi connectivity index (χ0n) is 15.0. The summed E-state index contributed by atoms with van der Waals surface area (Å²) >= 11 is 6.09. The van der Waals surface area contributed by atoms with Crippen LogP contribution in [0.25, 0.3) is 0 Å². The van der Waals surface area contributed by atoms with E-state index in [1.165, 1.54) is 6.20 Å². The van der Waals surface area contributed by atoms with Crippen molar-refractivity contribution in [3.63, 3.8) is 0 Å². The van der Waals surface area contributed by atoms with Gasteiger partial charge in [-0.15, -0.1) is 0 Å². The van der Waals surface area contributed by atoms with Crippen LogP contribution in [0.1, 0.15) is 0 Å². The number of benzene rings is 1. The summed E-state index contributed by atoms with van der Waals surface area (Å²) in [6, 6.07) is 9.21. The van der Waals surface area contributed by atoms with Crippen LogP contribution >= 0.6 is 11.6 Å². The predicted octanol–water partition coefficient (Wildman–Crippen LogP) is 1.92. The van der Waals surface area contributed by atoms with Crippen LogP contribution in [0.5, 0.6) is 0 Å². The molecular formula is C18H20ClF2N5O2. The number of carbonyl (C=O) groups excluding carboxylic acids is 1. The fraction of sp³-hybridized carbons (Fsp3) is 0.389. The van der Waals surface area contributed by atoms with Crippen LogP contribution in [0, 0.1) is 0 Å². The number of hydrogen-bond donors (Lipinski definition) is 1. The van der Waals surface area contributed by atoms with Crippen molar-refractivity contribution in [1.82, 2.24) is 14.7 Å². The molecule has 1 saturated heterocycles. The third-order valence-corrected chi connectivity index (χ3v) is 4.77. The van der Waals surface area contributed by atoms with Gasteiger partial charge in [0.1, 0.15) is 11.6 Å². The van der Waals surface area contributed by atoms with E-state index in [1.54, 1.807) is 0 Å². The quantitative estimate of drug-likeness (QED) is 0.786. The average Bonchev–Trinajstić information content (AvgIpc) is 2.67. The Balaban J connectivity index is 1.56. The minimum absolute atomic E-state index is 0.103. The molecule has 1 N–H and O–H groups in total. The fourth-order valence-corrected chi connectivity index (χ4v) is 3.28. The molecule has 1 aliphatic heterocycles. The van der Waals surface area contributed by atoms with Crippen LogP contribution in [-0.2, 0) is 11.3 Å². The number of anilines is 2. The Bertz CT molecular complexity index is 870. The van der Waals surface area contributed by atoms with Gasteiger partial charge in [0.2, 0.25) is 5.91 Å². The van der Waals surface area contributed by atoms with Gasteiger partial charge in [0, 0.05) is 31.9 Å². The van der Waals surface area contributed by atoms with Crippen LogP contribution in [0.2, 0.25) is 5.02 Å². The molecule has 2 heterocycles. The van der Waals surface area contributed by atoms with Crippen LogP contribution in [0.3, 0.4) is 0 Å². The van der Waals surface area contributed by atoms with Crippen molar-refractivity contribution in [2.24, 2.45) is 0 Å². The molecule has 1 amide bonds. The Kier molecular flexibility index (Phi) is 6.58. The summed E-state index contributed by atoms with van der Waals surface area (Å²) in [7, 11) is 0. The van der Waals surface area contributed by atoms with Gasteiger partial charge in [-0.3, -0.25) is 14.5 Å². The van der Waals surface area contributed by atoms with E-state index in [0.29, 0.717) is 36.5 Å². The van der Waals surface area contributed by atoms with Crippen molar-refractivity contribution in [3.05, 3.63) is 51.9 Å². The zero-order chi connectivity index (χ0) is 20.1. The highest BCUT2D eigenvalue weighted by atomic mass is 35.5. The Morgan fingerprint density at radius 2 is 1.86 bits per heavy atom. The molecule has 0 spiro atoms. The third kappa shape index (κ3) is 5.05. The van der Waals surface area contributed by atoms with Gasteiger partial charge in [0.15, 0.2) is 0 Å². The first kappa shape index (κ1) is 20.2. The second-order valence-corrected chi connectivity index (χ2v) is 6.78. The van der Waals surface area contributed by atoms with Gasteiger partial charge in [-0.05, 0) is 12.1 Å². The van der Waals surface area contributed by atoms with E-state index in [4.69, 9.17) is 11.6 Å². The van der Waals surface area contributed by atoms with Crippen LogP contribution in [-0.4, -0.2) is 59.7 Å². The van der Waals surface area contributed by atoms with Gasteiger partial charge >= 0.3 is 0 Å². The van der Waals surface area contributed by atoms with Crippen molar-refractivity contribution in [2.75, 3.05) is 42.9 Å². The SMILES string of the molecule is O=C(CN1CCN(c2cnn(CC(F)F)c(=O)c2Cl)CC1)Nc1ccccc1. The molecule has 3 rings (SSSR count). The molecule has 0 unspecified atom stereocenters. The monoisotopic (exact) mass is 411 g/mol. The molecule has 0 atom stereocenters. The number of hydrogen-bond acceptors (Lipinski definition) is 5. The van der Waals surface area contributed by atoms with Gasteiger partial charge in [-0.1, -0.05) is 29.8 Å². The molecule has 1 aromatic carbocycles. The first-order chi connectivity index (χ1) is 13.4. The Morgan fingerprint density at radius 1 is 1.18 bits per heavy atom. The minimum Gasteiger partial charge on any atom is -0.366 e. The number of alkyl halides is 2. The minimum atomic E-state index is -2.68. The topological polar surface area (TPSA) is 70.5 Å². The molecule has 28 heavy (non-hydrogen) atoms. The number of carbonyl (C=O) groups is 1. The molecule has 150 valence electrons. The molecular weight excluding hydrogens is 392 g/mol. The normalized spacial score (nSPS) is 15.1. The summed E-state index contributed by atoms with van der Waals surface area (Å²) < 4.78 is 25.6. The predicted molar refractivity (Wildman–Crippen MR) is 103 cm³/mol. The number of halogens is 3. The summed E-state index contributed by atoms with van der Waals surface area (Å²) in [6.07, 6.45) is -1.35. The summed E-state index contributed by atoms with van der Waals surface area (Å²) in [4.78, 5) is 28.1. The van der Waals surface area contributed by atoms with Crippen LogP contribution < -0.4 is 15.8 Å². The van der Waals surface area contributed by atoms with Crippen LogP contribution in [0.4, 0.5) is 20.2 Å². The first-order valence-electron chi connectivity index (χ1n) is 8.80. The Morgan fingerprint density at radius 3 is 2.50 bits per heavy atom. The lowest BCUT2D eigenvalue weighted by Crippen LogP contribution is -2.49. The maximum absolute atomic E-state index is 12.5. The summed E-state index contributed by atoms with van der Waals surface area (Å²) in [5.41, 5.74) is 0.433. The van der Waals surface area contributed by atoms with E-state index in [-0.39, 0.29) is 17.5 Å². The molecule has 7 nitrogen and oxygen atoms in total. The van der Waals surface area contributed by atoms with Crippen molar-refractivity contribution in [3.8, 4) is 0 Å². The lowest BCUT2D eigenvalue weighted by atomic mass is 10.2. The number of para-hydroxylation sites is 1. The number of nitrogens with one attached hydrogen (secondary N) is 1. The van der Waals surface area contributed by atoms with E-state index in [0.717, 1.165) is 5.69 Å². The van der Waals surface area contributed by atoms with E-state index in [1.807, 2.05) is 40.1 Å². The highest BCUT2D eigenvalue weighted by molar-refractivity contribution is 6.33. The molecule has 1 aromatic heterocycles. The van der Waals surface area contributed by atoms with Crippen molar-refractivity contribution in [2.45, 2.75) is 13.0 Å². The van der Waals surface area contributed by atoms with E-state index in [2.05, 4.69) is 10.4 Å². The van der Waals surface area contributed by atoms with Crippen molar-refractivity contribution in [1.29, 1.82) is 0 Å². The average molecular weight is 412 g/mol. The molecule has 1 aliphatic rings. The maximum Gasteiger partial charge on any atom is 0.287 e. The maximum atomic E-state index is 12.5. The smallest absolute Gasteiger partial charge is 0.287 e. The fourth-order valence-electron chi connectivity index (χ4n) is 3.01. The van der Waals surface area contributed by atoms with E-state index >= 15 is 0 Å². The summed E-state index contributed by atoms with van der Waals surface area (Å²) in [5.74, 6) is -0.103. The van der Waals surface area contributed by atoms with Crippen molar-refractivity contribution >= 4 is 28.9 Å². The second-order valence-electron chi connectivity index (χ2n) is 6.40. The van der Waals surface area contributed by atoms with Crippen LogP contribution in [0.15, 0.2) is 41.3 Å². The Labute approximate surface area is 165 Å². The highest BCUT2D eigenvalue weighted by Gasteiger charge is 2.23. The summed E-state index contributed by atoms with van der Waals surface area (Å²) in [5, 5.41) is 6.51. The number of nitrogens with zero attached hydrogens (tertiary/aromatic N) is 4. The number of piperazine rings is 1. The molecule has 0 saturated carbocycles. The number of amides is 1. The van der Waals surface area contributed by atoms with E-state index in [9.17, 15) is 18.4 Å². The second kappa shape index (κ2) is 9.11. The highest BCUT2D eigenvalue weighted by Crippen LogP contribution is 2.22. The van der Waals surface area contributed by atoms with Crippen molar-refractivity contribution < 1.29 is 13.6 Å². The first-order valence-corrected chi connectivity index (χ1v) is 9.18. The standard InChI is InChI=1S/C18H20ClF2N5O2/c19-17-14(10-22-26(18(17)28)11-15(20)21)25-8-6-24(7-9-25)12-16(27)23-13-4-2-1-3-5-13/h1-5,10,15H,6-9,11-12H2,(H,23,27). The molecule has 0 aliphatic carbocycles. The van der Waals surface area contributed by atoms with Gasteiger partial charge in [0.25, 0.3) is 12.0 Å². The summed E-state index contributed by atoms with van der Waals surface area (Å²) in [6.45, 7) is 1.74. The largest absolute Gasteiger partial charge is 0.366 e. The van der Waals surface area contributed by atoms with Gasteiger partial charge in [-0.2, -0.15) is 5.10 Å². The van der Waals surface area contributed by atoms with Gasteiger partial charge in [0.05, 0.1) is 18.4 Å². The number of rotatable bonds is 6. The lowest BCUT2D eigenvalue weighted by molar-refractivity contribution is -0.117. The number of aromatic nitrogens is 2. The van der Waals surface area contributed by atoms with Gasteiger partial charge in [-0.25, -0.2) is 13.5 Å². The Hall–Kier alpha value is -2.52. The van der Waals surface area contributed by atoms with Gasteiger partial charge < -0.3 is 10.2 Å². The third-order valence-electron chi connectivity index (χ3n) is 4.42. The lowest BCUT2D eigenvalue weighted by Gasteiger charge is -2.35. The molecule has 0 bridgehead atoms. The zero-order valence-corrected chi connectivity index (χ0v) is 15.8.